The molecule has 38 heavy (non-hydrogen) atoms. The number of furan rings is 2. The molecule has 0 radical (unpaired) electrons. The molecule has 0 saturated carbocycles. The maximum atomic E-state index is 6.29. The second kappa shape index (κ2) is 11.6. The largest absolute Gasteiger partial charge is 0.464 e. The van der Waals surface area contributed by atoms with E-state index < -0.39 is 0 Å². The molecule has 196 valence electrons. The van der Waals surface area contributed by atoms with Gasteiger partial charge in [0.1, 0.15) is 16.9 Å². The van der Waals surface area contributed by atoms with Gasteiger partial charge in [-0.1, -0.05) is 102 Å². The summed E-state index contributed by atoms with van der Waals surface area (Å²) in [4.78, 5) is 0. The summed E-state index contributed by atoms with van der Waals surface area (Å²) >= 11 is 0. The van der Waals surface area contributed by atoms with Gasteiger partial charge >= 0.3 is 0 Å². The molecule has 6 rings (SSSR count). The van der Waals surface area contributed by atoms with Crippen LogP contribution >= 0.6 is 0 Å². The van der Waals surface area contributed by atoms with Crippen LogP contribution in [0.2, 0.25) is 0 Å². The molecule has 0 aliphatic carbocycles. The first-order chi connectivity index (χ1) is 18.8. The molecule has 2 nitrogen and oxygen atoms in total. The smallest absolute Gasteiger partial charge is 0.134 e. The van der Waals surface area contributed by atoms with Crippen LogP contribution in [-0.4, -0.2) is 0 Å². The molecule has 6 aromatic rings. The molecule has 0 atom stereocenters. The van der Waals surface area contributed by atoms with Crippen LogP contribution in [0.3, 0.4) is 0 Å². The first kappa shape index (κ1) is 25.0. The topological polar surface area (TPSA) is 26.3 Å². The van der Waals surface area contributed by atoms with E-state index in [0.717, 1.165) is 28.7 Å². The number of aryl methyl sites for hydroxylation is 1. The monoisotopic (exact) mass is 504 g/mol. The van der Waals surface area contributed by atoms with Crippen molar-refractivity contribution >= 4 is 54.3 Å². The standard InChI is InChI=1S/C36H40O2/c1-2-3-4-5-6-7-8-9-10-11-12-13-14-30-21-29-23-34-27(25-36(29)38-30)16-18-31-32(34)17-15-26-24-35-28(19-20-37-35)22-33(26)31/h15-25H,2-14H2,1H3. The first-order valence-corrected chi connectivity index (χ1v) is 15.0. The van der Waals surface area contributed by atoms with E-state index >= 15 is 0 Å². The van der Waals surface area contributed by atoms with Gasteiger partial charge in [0, 0.05) is 17.2 Å². The predicted octanol–water partition coefficient (Wildman–Crippen LogP) is 11.9. The van der Waals surface area contributed by atoms with Gasteiger partial charge in [0.25, 0.3) is 0 Å². The van der Waals surface area contributed by atoms with E-state index in [1.165, 1.54) is 115 Å². The van der Waals surface area contributed by atoms with Crippen molar-refractivity contribution < 1.29 is 8.83 Å². The van der Waals surface area contributed by atoms with Gasteiger partial charge in [-0.05, 0) is 75.1 Å². The zero-order valence-corrected chi connectivity index (χ0v) is 22.9. The van der Waals surface area contributed by atoms with Gasteiger partial charge in [-0.15, -0.1) is 0 Å². The highest BCUT2D eigenvalue weighted by Gasteiger charge is 2.11. The number of hydrogen-bond acceptors (Lipinski definition) is 2. The highest BCUT2D eigenvalue weighted by atomic mass is 16.3. The second-order valence-electron chi connectivity index (χ2n) is 11.2. The molecule has 0 fully saturated rings. The predicted molar refractivity (Wildman–Crippen MR) is 163 cm³/mol. The number of fused-ring (bicyclic) bond motifs is 7. The van der Waals surface area contributed by atoms with Crippen LogP contribution in [0.1, 0.15) is 89.7 Å². The van der Waals surface area contributed by atoms with Crippen molar-refractivity contribution in [3.63, 3.8) is 0 Å². The molecule has 2 heteroatoms. The fourth-order valence-electron chi connectivity index (χ4n) is 6.18. The van der Waals surface area contributed by atoms with Gasteiger partial charge in [0.05, 0.1) is 6.26 Å². The maximum Gasteiger partial charge on any atom is 0.134 e. The van der Waals surface area contributed by atoms with E-state index in [4.69, 9.17) is 8.83 Å². The minimum atomic E-state index is 0.943. The lowest BCUT2D eigenvalue weighted by Gasteiger charge is -2.08. The normalized spacial score (nSPS) is 12.1. The van der Waals surface area contributed by atoms with E-state index in [2.05, 4.69) is 61.5 Å². The molecule has 0 unspecified atom stereocenters. The summed E-state index contributed by atoms with van der Waals surface area (Å²) in [5, 5.41) is 9.97. The summed E-state index contributed by atoms with van der Waals surface area (Å²) in [5.74, 6) is 1.12. The Morgan fingerprint density at radius 2 is 1.05 bits per heavy atom. The molecule has 2 aromatic heterocycles. The zero-order chi connectivity index (χ0) is 25.7. The summed E-state index contributed by atoms with van der Waals surface area (Å²) in [7, 11) is 0. The lowest BCUT2D eigenvalue weighted by Crippen LogP contribution is -1.85. The molecular formula is C36H40O2. The quantitative estimate of drug-likeness (QED) is 0.115. The van der Waals surface area contributed by atoms with Gasteiger partial charge in [0.15, 0.2) is 0 Å². The molecular weight excluding hydrogens is 464 g/mol. The summed E-state index contributed by atoms with van der Waals surface area (Å²) in [6.07, 6.45) is 19.4. The molecule has 0 saturated heterocycles. The molecule has 0 spiro atoms. The Labute approximate surface area is 226 Å². The SMILES string of the molecule is CCCCCCCCCCCCCCc1cc2cc3c(ccc4c5cc6ccoc6cc5ccc34)cc2o1. The minimum Gasteiger partial charge on any atom is -0.464 e. The zero-order valence-electron chi connectivity index (χ0n) is 22.9. The summed E-state index contributed by atoms with van der Waals surface area (Å²) in [6, 6.07) is 22.2. The van der Waals surface area contributed by atoms with Gasteiger partial charge in [-0.2, -0.15) is 0 Å². The average Bonchev–Trinajstić information content (AvgIpc) is 3.56. The third-order valence-electron chi connectivity index (χ3n) is 8.37. The number of hydrogen-bond donors (Lipinski definition) is 0. The highest BCUT2D eigenvalue weighted by molar-refractivity contribution is 6.20. The van der Waals surface area contributed by atoms with Crippen LogP contribution in [0.5, 0.6) is 0 Å². The van der Waals surface area contributed by atoms with Crippen molar-refractivity contribution in [3.05, 3.63) is 72.7 Å². The summed E-state index contributed by atoms with van der Waals surface area (Å²) < 4.78 is 11.9. The van der Waals surface area contributed by atoms with Crippen LogP contribution in [-0.2, 0) is 6.42 Å². The molecule has 0 N–H and O–H groups in total. The van der Waals surface area contributed by atoms with Crippen molar-refractivity contribution in [2.45, 2.75) is 90.4 Å². The number of rotatable bonds is 13. The van der Waals surface area contributed by atoms with Crippen molar-refractivity contribution in [1.82, 2.24) is 0 Å². The van der Waals surface area contributed by atoms with Crippen LogP contribution in [0.4, 0.5) is 0 Å². The highest BCUT2D eigenvalue weighted by Crippen LogP contribution is 2.36. The van der Waals surface area contributed by atoms with Gasteiger partial charge in [0.2, 0.25) is 0 Å². The molecule has 4 aromatic carbocycles. The van der Waals surface area contributed by atoms with Gasteiger partial charge in [-0.25, -0.2) is 0 Å². The fraction of sp³-hybridized carbons (Fsp3) is 0.389. The molecule has 0 bridgehead atoms. The Morgan fingerprint density at radius 3 is 1.71 bits per heavy atom. The Kier molecular flexibility index (Phi) is 7.67. The van der Waals surface area contributed by atoms with E-state index in [0.29, 0.717) is 0 Å². The Balaban J connectivity index is 1.09. The van der Waals surface area contributed by atoms with Gasteiger partial charge in [-0.3, -0.25) is 0 Å². The number of benzene rings is 4. The molecule has 0 amide bonds. The summed E-state index contributed by atoms with van der Waals surface area (Å²) in [6.45, 7) is 2.29. The van der Waals surface area contributed by atoms with E-state index in [1.807, 2.05) is 6.07 Å². The van der Waals surface area contributed by atoms with Crippen molar-refractivity contribution in [1.29, 1.82) is 0 Å². The minimum absolute atomic E-state index is 0.943. The van der Waals surface area contributed by atoms with Crippen LogP contribution in [0.15, 0.2) is 75.8 Å². The lowest BCUT2D eigenvalue weighted by atomic mass is 9.96. The Hall–Kier alpha value is -3.26. The van der Waals surface area contributed by atoms with E-state index in [-0.39, 0.29) is 0 Å². The summed E-state index contributed by atoms with van der Waals surface area (Å²) in [5.41, 5.74) is 1.95. The van der Waals surface area contributed by atoms with Crippen molar-refractivity contribution in [3.8, 4) is 0 Å². The lowest BCUT2D eigenvalue weighted by molar-refractivity contribution is 0.514. The first-order valence-electron chi connectivity index (χ1n) is 15.0. The molecule has 0 aliphatic rings. The Morgan fingerprint density at radius 1 is 0.474 bits per heavy atom. The van der Waals surface area contributed by atoms with Crippen molar-refractivity contribution in [2.75, 3.05) is 0 Å². The molecule has 0 aliphatic heterocycles. The second-order valence-corrected chi connectivity index (χ2v) is 11.2. The Bertz CT molecular complexity index is 1670. The van der Waals surface area contributed by atoms with Crippen LogP contribution in [0.25, 0.3) is 54.3 Å². The van der Waals surface area contributed by atoms with E-state index in [9.17, 15) is 0 Å². The van der Waals surface area contributed by atoms with E-state index in [1.54, 1.807) is 6.26 Å². The average molecular weight is 505 g/mol. The molecule has 2 heterocycles. The number of unbranched alkanes of at least 4 members (excludes halogenated alkanes) is 11. The van der Waals surface area contributed by atoms with Gasteiger partial charge < -0.3 is 8.83 Å². The van der Waals surface area contributed by atoms with Crippen LogP contribution in [0, 0.1) is 0 Å². The fourth-order valence-corrected chi connectivity index (χ4v) is 6.18. The third kappa shape index (κ3) is 5.32. The maximum absolute atomic E-state index is 6.29. The third-order valence-corrected chi connectivity index (χ3v) is 8.37. The van der Waals surface area contributed by atoms with Crippen LogP contribution < -0.4 is 0 Å². The van der Waals surface area contributed by atoms with Crippen molar-refractivity contribution in [2.24, 2.45) is 0 Å².